The quantitative estimate of drug-likeness (QED) is 0.705. The fourth-order valence-electron chi connectivity index (χ4n) is 3.35. The number of carbonyl (C=O) groups excluding carboxylic acids is 1. The van der Waals surface area contributed by atoms with E-state index in [0.29, 0.717) is 0 Å². The van der Waals surface area contributed by atoms with Crippen molar-refractivity contribution in [2.75, 3.05) is 6.54 Å². The van der Waals surface area contributed by atoms with Gasteiger partial charge in [-0.3, -0.25) is 4.79 Å². The Morgan fingerprint density at radius 3 is 2.61 bits per heavy atom. The van der Waals surface area contributed by atoms with E-state index in [1.54, 1.807) is 0 Å². The van der Waals surface area contributed by atoms with E-state index in [1.165, 1.54) is 18.2 Å². The number of benzene rings is 2. The molecule has 1 amide bonds. The molecule has 1 heterocycles. The number of nitrogens with one attached hydrogen (secondary N) is 2. The van der Waals surface area contributed by atoms with E-state index in [0.717, 1.165) is 43.7 Å². The number of alkyl halides is 3. The number of piperidine rings is 1. The Hall–Kier alpha value is -2.12. The third kappa shape index (κ3) is 5.23. The molecule has 3 nitrogen and oxygen atoms in total. The average Bonchev–Trinajstić information content (AvgIpc) is 2.61. The summed E-state index contributed by atoms with van der Waals surface area (Å²) in [6.07, 6.45) is -3.02. The van der Waals surface area contributed by atoms with Crippen molar-refractivity contribution in [2.45, 2.75) is 38.0 Å². The average molecular weight is 417 g/mol. The minimum absolute atomic E-state index is 0. The van der Waals surface area contributed by atoms with Gasteiger partial charge in [0.05, 0.1) is 11.1 Å². The number of amides is 1. The van der Waals surface area contributed by atoms with Crippen LogP contribution in [0.5, 0.6) is 0 Å². The summed E-state index contributed by atoms with van der Waals surface area (Å²) in [5, 5.41) is 6.15. The molecule has 152 valence electrons. The van der Waals surface area contributed by atoms with Gasteiger partial charge in [-0.2, -0.15) is 13.2 Å². The van der Waals surface area contributed by atoms with Crippen LogP contribution in [0.3, 0.4) is 0 Å². The first-order valence-corrected chi connectivity index (χ1v) is 8.75. The van der Waals surface area contributed by atoms with Crippen LogP contribution in [0.1, 0.15) is 35.7 Å². The van der Waals surface area contributed by atoms with Gasteiger partial charge in [0.1, 0.15) is 5.82 Å². The van der Waals surface area contributed by atoms with E-state index < -0.39 is 23.5 Å². The molecule has 2 N–H and O–H groups in total. The lowest BCUT2D eigenvalue weighted by atomic mass is 9.96. The second-order valence-electron chi connectivity index (χ2n) is 6.82. The first-order valence-electron chi connectivity index (χ1n) is 8.75. The zero-order chi connectivity index (χ0) is 19.6. The molecule has 2 aromatic rings. The Morgan fingerprint density at radius 1 is 1.18 bits per heavy atom. The lowest BCUT2D eigenvalue weighted by Gasteiger charge is -2.29. The van der Waals surface area contributed by atoms with Crippen LogP contribution < -0.4 is 10.6 Å². The first-order chi connectivity index (χ1) is 12.7. The Kier molecular flexibility index (Phi) is 7.06. The molecule has 1 saturated heterocycles. The first kappa shape index (κ1) is 22.2. The van der Waals surface area contributed by atoms with Crippen molar-refractivity contribution in [2.24, 2.45) is 0 Å². The molecule has 8 heteroatoms. The van der Waals surface area contributed by atoms with E-state index in [-0.39, 0.29) is 41.2 Å². The Balaban J connectivity index is 0.00000280. The summed E-state index contributed by atoms with van der Waals surface area (Å²) in [4.78, 5) is 12.7. The highest BCUT2D eigenvalue weighted by Gasteiger charge is 2.31. The summed E-state index contributed by atoms with van der Waals surface area (Å²) in [5.74, 6) is -1.10. The van der Waals surface area contributed by atoms with E-state index in [2.05, 4.69) is 10.6 Å². The second kappa shape index (κ2) is 8.92. The summed E-state index contributed by atoms with van der Waals surface area (Å²) < 4.78 is 52.8. The lowest BCUT2D eigenvalue weighted by molar-refractivity contribution is -0.137. The zero-order valence-corrected chi connectivity index (χ0v) is 16.0. The molecule has 0 aromatic heterocycles. The van der Waals surface area contributed by atoms with Gasteiger partial charge in [0.25, 0.3) is 5.91 Å². The molecule has 0 radical (unpaired) electrons. The van der Waals surface area contributed by atoms with Crippen molar-refractivity contribution < 1.29 is 22.4 Å². The molecular weight excluding hydrogens is 396 g/mol. The molecule has 1 aliphatic heterocycles. The van der Waals surface area contributed by atoms with Crippen molar-refractivity contribution in [3.63, 3.8) is 0 Å². The molecule has 0 aliphatic carbocycles. The van der Waals surface area contributed by atoms with Gasteiger partial charge in [0.15, 0.2) is 0 Å². The Bertz CT molecular complexity index is 841. The predicted octanol–water partition coefficient (Wildman–Crippen LogP) is 4.80. The molecule has 2 unspecified atom stereocenters. The van der Waals surface area contributed by atoms with E-state index in [4.69, 9.17) is 0 Å². The SMILES string of the molecule is CC1CC(NC(=O)c2cc(F)ccc2-c2cccc(C(F)(F)F)c2)CCN1.Cl. The largest absolute Gasteiger partial charge is 0.416 e. The normalized spacial score (nSPS) is 19.6. The number of halogens is 5. The molecular formula is C20H21ClF4N2O. The summed E-state index contributed by atoms with van der Waals surface area (Å²) >= 11 is 0. The highest BCUT2D eigenvalue weighted by Crippen LogP contribution is 2.33. The predicted molar refractivity (Wildman–Crippen MR) is 102 cm³/mol. The fraction of sp³-hybridized carbons (Fsp3) is 0.350. The molecule has 2 aromatic carbocycles. The van der Waals surface area contributed by atoms with Gasteiger partial charge in [-0.1, -0.05) is 18.2 Å². The monoisotopic (exact) mass is 416 g/mol. The smallest absolute Gasteiger partial charge is 0.349 e. The fourth-order valence-corrected chi connectivity index (χ4v) is 3.35. The molecule has 1 fully saturated rings. The minimum atomic E-state index is -4.50. The summed E-state index contributed by atoms with van der Waals surface area (Å²) in [6, 6.07) is 8.41. The number of hydrogen-bond donors (Lipinski definition) is 2. The number of rotatable bonds is 3. The minimum Gasteiger partial charge on any atom is -0.349 e. The van der Waals surface area contributed by atoms with E-state index >= 15 is 0 Å². The van der Waals surface area contributed by atoms with Crippen molar-refractivity contribution >= 4 is 18.3 Å². The zero-order valence-electron chi connectivity index (χ0n) is 15.1. The van der Waals surface area contributed by atoms with Crippen LogP contribution >= 0.6 is 12.4 Å². The molecule has 0 bridgehead atoms. The summed E-state index contributed by atoms with van der Waals surface area (Å²) in [7, 11) is 0. The number of carbonyl (C=O) groups is 1. The van der Waals surface area contributed by atoms with Gasteiger partial charge >= 0.3 is 6.18 Å². The summed E-state index contributed by atoms with van der Waals surface area (Å²) in [6.45, 7) is 2.77. The standard InChI is InChI=1S/C20H20F4N2O.ClH/c1-12-9-16(7-8-25-12)26-19(27)18-11-15(21)5-6-17(18)13-3-2-4-14(10-13)20(22,23)24;/h2-6,10-12,16,25H,7-9H2,1H3,(H,26,27);1H. The maximum absolute atomic E-state index is 13.8. The van der Waals surface area contributed by atoms with Gasteiger partial charge < -0.3 is 10.6 Å². The molecule has 28 heavy (non-hydrogen) atoms. The summed E-state index contributed by atoms with van der Waals surface area (Å²) in [5.41, 5.74) is -0.306. The van der Waals surface area contributed by atoms with E-state index in [1.807, 2.05) is 6.92 Å². The van der Waals surface area contributed by atoms with Gasteiger partial charge in [-0.05, 0) is 61.7 Å². The van der Waals surface area contributed by atoms with Crippen molar-refractivity contribution in [3.05, 3.63) is 59.4 Å². The Morgan fingerprint density at radius 2 is 1.93 bits per heavy atom. The van der Waals surface area contributed by atoms with Gasteiger partial charge in [-0.15, -0.1) is 12.4 Å². The topological polar surface area (TPSA) is 41.1 Å². The second-order valence-corrected chi connectivity index (χ2v) is 6.82. The van der Waals surface area contributed by atoms with Gasteiger partial charge in [0, 0.05) is 12.1 Å². The van der Waals surface area contributed by atoms with Crippen molar-refractivity contribution in [1.82, 2.24) is 10.6 Å². The third-order valence-corrected chi connectivity index (χ3v) is 4.69. The molecule has 0 saturated carbocycles. The van der Waals surface area contributed by atoms with Gasteiger partial charge in [-0.25, -0.2) is 4.39 Å². The molecule has 1 aliphatic rings. The van der Waals surface area contributed by atoms with Crippen LogP contribution in [-0.2, 0) is 6.18 Å². The van der Waals surface area contributed by atoms with Crippen LogP contribution in [0, 0.1) is 5.82 Å². The van der Waals surface area contributed by atoms with Gasteiger partial charge in [0.2, 0.25) is 0 Å². The van der Waals surface area contributed by atoms with Crippen molar-refractivity contribution in [3.8, 4) is 11.1 Å². The van der Waals surface area contributed by atoms with Crippen LogP contribution in [0.15, 0.2) is 42.5 Å². The molecule has 0 spiro atoms. The maximum Gasteiger partial charge on any atom is 0.416 e. The van der Waals surface area contributed by atoms with Crippen molar-refractivity contribution in [1.29, 1.82) is 0 Å². The maximum atomic E-state index is 13.8. The van der Waals surface area contributed by atoms with E-state index in [9.17, 15) is 22.4 Å². The van der Waals surface area contributed by atoms with Crippen LogP contribution in [-0.4, -0.2) is 24.5 Å². The highest BCUT2D eigenvalue weighted by atomic mass is 35.5. The third-order valence-electron chi connectivity index (χ3n) is 4.69. The highest BCUT2D eigenvalue weighted by molar-refractivity contribution is 6.01. The molecule has 2 atom stereocenters. The lowest BCUT2D eigenvalue weighted by Crippen LogP contribution is -2.46. The number of hydrogen-bond acceptors (Lipinski definition) is 2. The Labute approximate surface area is 166 Å². The van der Waals surface area contributed by atoms with Crippen LogP contribution in [0.25, 0.3) is 11.1 Å². The van der Waals surface area contributed by atoms with Crippen LogP contribution in [0.4, 0.5) is 17.6 Å². The molecule has 3 rings (SSSR count). The van der Waals surface area contributed by atoms with Crippen LogP contribution in [0.2, 0.25) is 0 Å².